The van der Waals surface area contributed by atoms with Crippen molar-refractivity contribution in [2.75, 3.05) is 6.61 Å². The van der Waals surface area contributed by atoms with Gasteiger partial charge in [0.15, 0.2) is 0 Å². The maximum Gasteiger partial charge on any atom is 0.407 e. The Morgan fingerprint density at radius 2 is 1.53 bits per heavy atom. The molecule has 1 unspecified atom stereocenters. The number of ether oxygens (including phenoxy) is 1. The van der Waals surface area contributed by atoms with Crippen LogP contribution in [0, 0.1) is 0 Å². The van der Waals surface area contributed by atoms with Crippen LogP contribution in [0.15, 0.2) is 48.5 Å². The third-order valence-electron chi connectivity index (χ3n) is 6.87. The zero-order chi connectivity index (χ0) is 24.7. The van der Waals surface area contributed by atoms with Crippen LogP contribution in [0.5, 0.6) is 0 Å². The number of nitrogens with one attached hydrogen (secondary N) is 2. The number of aliphatic carboxylic acids is 1. The Labute approximate surface area is 200 Å². The molecule has 2 aromatic carbocycles. The van der Waals surface area contributed by atoms with E-state index in [0.717, 1.165) is 11.1 Å². The number of amides is 2. The molecule has 0 heterocycles. The van der Waals surface area contributed by atoms with Gasteiger partial charge >= 0.3 is 12.1 Å². The van der Waals surface area contributed by atoms with E-state index in [1.807, 2.05) is 31.2 Å². The summed E-state index contributed by atoms with van der Waals surface area (Å²) in [5, 5.41) is 15.0. The molecule has 0 aliphatic heterocycles. The van der Waals surface area contributed by atoms with Crippen molar-refractivity contribution in [3.8, 4) is 11.1 Å². The molecule has 0 spiro atoms. The van der Waals surface area contributed by atoms with E-state index < -0.39 is 17.6 Å². The van der Waals surface area contributed by atoms with Gasteiger partial charge in [-0.3, -0.25) is 4.79 Å². The van der Waals surface area contributed by atoms with Gasteiger partial charge in [-0.2, -0.15) is 0 Å². The predicted molar refractivity (Wildman–Crippen MR) is 131 cm³/mol. The van der Waals surface area contributed by atoms with Crippen LogP contribution < -0.4 is 10.6 Å². The third-order valence-corrected chi connectivity index (χ3v) is 6.87. The minimum Gasteiger partial charge on any atom is -0.480 e. The summed E-state index contributed by atoms with van der Waals surface area (Å²) in [4.78, 5) is 36.5. The molecule has 1 aliphatic rings. The highest BCUT2D eigenvalue weighted by atomic mass is 16.5. The number of carboxylic acids is 1. The molecular formula is C27H34N2O5. The molecule has 2 amide bonds. The van der Waals surface area contributed by atoms with Crippen molar-refractivity contribution in [1.29, 1.82) is 0 Å². The van der Waals surface area contributed by atoms with E-state index in [-0.39, 0.29) is 30.9 Å². The molecule has 2 aromatic rings. The lowest BCUT2D eigenvalue weighted by Crippen LogP contribution is -2.53. The maximum absolute atomic E-state index is 12.5. The second-order valence-corrected chi connectivity index (χ2v) is 8.76. The lowest BCUT2D eigenvalue weighted by molar-refractivity contribution is -0.148. The molecule has 7 nitrogen and oxygen atoms in total. The summed E-state index contributed by atoms with van der Waals surface area (Å²) in [6.07, 6.45) is 1.24. The molecule has 34 heavy (non-hydrogen) atoms. The first-order chi connectivity index (χ1) is 16.3. The number of carbonyl (C=O) groups is 3. The molecular weight excluding hydrogens is 432 g/mol. The number of alkyl carbamates (subject to hydrolysis) is 1. The molecule has 3 N–H and O–H groups in total. The molecule has 182 valence electrons. The van der Waals surface area contributed by atoms with Crippen molar-refractivity contribution in [1.82, 2.24) is 10.6 Å². The Balaban J connectivity index is 1.53. The first kappa shape index (κ1) is 25.3. The van der Waals surface area contributed by atoms with Gasteiger partial charge in [0.2, 0.25) is 5.91 Å². The van der Waals surface area contributed by atoms with Gasteiger partial charge in [-0.25, -0.2) is 9.59 Å². The van der Waals surface area contributed by atoms with Gasteiger partial charge in [0, 0.05) is 18.4 Å². The average Bonchev–Trinajstić information content (AvgIpc) is 3.17. The summed E-state index contributed by atoms with van der Waals surface area (Å²) in [7, 11) is 0. The molecule has 0 saturated carbocycles. The summed E-state index contributed by atoms with van der Waals surface area (Å²) < 4.78 is 5.60. The van der Waals surface area contributed by atoms with Crippen molar-refractivity contribution in [2.45, 2.75) is 70.4 Å². The van der Waals surface area contributed by atoms with Gasteiger partial charge in [0.25, 0.3) is 0 Å². The fourth-order valence-corrected chi connectivity index (χ4v) is 4.60. The molecule has 7 heteroatoms. The second kappa shape index (κ2) is 11.2. The van der Waals surface area contributed by atoms with Crippen molar-refractivity contribution in [2.24, 2.45) is 0 Å². The quantitative estimate of drug-likeness (QED) is 0.439. The topological polar surface area (TPSA) is 105 Å². The standard InChI is InChI=1S/C27H34N2O5/c1-4-18(15-16-24(30)29-27(5-2,6-3)25(31)32)28-26(33)34-17-23-21-13-9-7-11-19(21)20-12-8-10-14-22(20)23/h7-14,18,23H,4-6,15-17H2,1-3H3,(H,28,33)(H,29,30)(H,31,32). The molecule has 1 atom stereocenters. The van der Waals surface area contributed by atoms with E-state index in [2.05, 4.69) is 34.9 Å². The Morgan fingerprint density at radius 1 is 0.971 bits per heavy atom. The fraction of sp³-hybridized carbons (Fsp3) is 0.444. The largest absolute Gasteiger partial charge is 0.480 e. The van der Waals surface area contributed by atoms with E-state index >= 15 is 0 Å². The molecule has 0 aromatic heterocycles. The SMILES string of the molecule is CCC(CCC(=O)NC(CC)(CC)C(=O)O)NC(=O)OCC1c2ccccc2-c2ccccc21. The van der Waals surface area contributed by atoms with E-state index in [4.69, 9.17) is 4.74 Å². The minimum absolute atomic E-state index is 0.0174. The number of carbonyl (C=O) groups excluding carboxylic acids is 2. The monoisotopic (exact) mass is 466 g/mol. The first-order valence-corrected chi connectivity index (χ1v) is 12.0. The summed E-state index contributed by atoms with van der Waals surface area (Å²) in [5.41, 5.74) is 3.38. The summed E-state index contributed by atoms with van der Waals surface area (Å²) in [6.45, 7) is 5.63. The lowest BCUT2D eigenvalue weighted by Gasteiger charge is -2.28. The van der Waals surface area contributed by atoms with Gasteiger partial charge in [-0.15, -0.1) is 0 Å². The van der Waals surface area contributed by atoms with E-state index in [9.17, 15) is 19.5 Å². The van der Waals surface area contributed by atoms with E-state index in [1.54, 1.807) is 13.8 Å². The highest BCUT2D eigenvalue weighted by molar-refractivity contribution is 5.87. The Morgan fingerprint density at radius 3 is 2.03 bits per heavy atom. The third kappa shape index (κ3) is 5.41. The Kier molecular flexibility index (Phi) is 8.31. The minimum atomic E-state index is -1.25. The molecule has 0 fully saturated rings. The van der Waals surface area contributed by atoms with Crippen molar-refractivity contribution >= 4 is 18.0 Å². The maximum atomic E-state index is 12.5. The summed E-state index contributed by atoms with van der Waals surface area (Å²) in [6, 6.07) is 16.1. The van der Waals surface area contributed by atoms with Crippen LogP contribution in [0.1, 0.15) is 69.9 Å². The normalized spacial score (nSPS) is 13.5. The van der Waals surface area contributed by atoms with Crippen LogP contribution in [-0.4, -0.2) is 41.3 Å². The van der Waals surface area contributed by atoms with Crippen LogP contribution in [0.25, 0.3) is 11.1 Å². The average molecular weight is 467 g/mol. The smallest absolute Gasteiger partial charge is 0.407 e. The first-order valence-electron chi connectivity index (χ1n) is 12.0. The fourth-order valence-electron chi connectivity index (χ4n) is 4.60. The van der Waals surface area contributed by atoms with Crippen molar-refractivity contribution in [3.05, 3.63) is 59.7 Å². The number of benzene rings is 2. The Bertz CT molecular complexity index is 986. The number of rotatable bonds is 11. The summed E-state index contributed by atoms with van der Waals surface area (Å²) in [5.74, 6) is -1.38. The highest BCUT2D eigenvalue weighted by Crippen LogP contribution is 2.44. The van der Waals surface area contributed by atoms with Crippen LogP contribution in [-0.2, 0) is 14.3 Å². The van der Waals surface area contributed by atoms with Gasteiger partial charge < -0.3 is 20.5 Å². The molecule has 0 radical (unpaired) electrons. The van der Waals surface area contributed by atoms with Crippen molar-refractivity contribution < 1.29 is 24.2 Å². The number of hydrogen-bond acceptors (Lipinski definition) is 4. The van der Waals surface area contributed by atoms with Crippen LogP contribution in [0.3, 0.4) is 0 Å². The van der Waals surface area contributed by atoms with Crippen LogP contribution in [0.4, 0.5) is 4.79 Å². The van der Waals surface area contributed by atoms with E-state index in [1.165, 1.54) is 11.1 Å². The summed E-state index contributed by atoms with van der Waals surface area (Å²) >= 11 is 0. The Hall–Kier alpha value is -3.35. The van der Waals surface area contributed by atoms with Crippen LogP contribution in [0.2, 0.25) is 0 Å². The number of fused-ring (bicyclic) bond motifs is 3. The van der Waals surface area contributed by atoms with Gasteiger partial charge in [-0.1, -0.05) is 69.3 Å². The molecule has 0 saturated heterocycles. The van der Waals surface area contributed by atoms with Gasteiger partial charge in [-0.05, 0) is 47.9 Å². The molecule has 0 bridgehead atoms. The zero-order valence-corrected chi connectivity index (χ0v) is 20.1. The van der Waals surface area contributed by atoms with Gasteiger partial charge in [0.05, 0.1) is 0 Å². The highest BCUT2D eigenvalue weighted by Gasteiger charge is 2.36. The van der Waals surface area contributed by atoms with E-state index in [0.29, 0.717) is 25.7 Å². The molecule has 3 rings (SSSR count). The zero-order valence-electron chi connectivity index (χ0n) is 20.1. The van der Waals surface area contributed by atoms with Crippen LogP contribution >= 0.6 is 0 Å². The molecule has 1 aliphatic carbocycles. The second-order valence-electron chi connectivity index (χ2n) is 8.76. The number of carboxylic acid groups (broad SMARTS) is 1. The predicted octanol–water partition coefficient (Wildman–Crippen LogP) is 4.84. The number of hydrogen-bond donors (Lipinski definition) is 3. The lowest BCUT2D eigenvalue weighted by atomic mass is 9.92. The van der Waals surface area contributed by atoms with Crippen molar-refractivity contribution in [3.63, 3.8) is 0 Å². The van der Waals surface area contributed by atoms with Gasteiger partial charge in [0.1, 0.15) is 12.1 Å².